The van der Waals surface area contributed by atoms with Crippen molar-refractivity contribution in [1.29, 1.82) is 0 Å². The van der Waals surface area contributed by atoms with Crippen molar-refractivity contribution < 1.29 is 9.84 Å². The van der Waals surface area contributed by atoms with Gasteiger partial charge in [0.05, 0.1) is 6.61 Å². The smallest absolute Gasteiger partial charge is 0.127 e. The van der Waals surface area contributed by atoms with Gasteiger partial charge in [0.2, 0.25) is 0 Å². The summed E-state index contributed by atoms with van der Waals surface area (Å²) in [5.74, 6) is 1.33. The highest BCUT2D eigenvalue weighted by Crippen LogP contribution is 2.32. The lowest BCUT2D eigenvalue weighted by molar-refractivity contribution is 0.352. The maximum Gasteiger partial charge on any atom is 0.127 e. The highest BCUT2D eigenvalue weighted by molar-refractivity contribution is 9.10. The van der Waals surface area contributed by atoms with Gasteiger partial charge in [-0.2, -0.15) is 0 Å². The van der Waals surface area contributed by atoms with Gasteiger partial charge in [0, 0.05) is 29.5 Å². The third-order valence-electron chi connectivity index (χ3n) is 3.38. The Balaban J connectivity index is 1.67. The lowest BCUT2D eigenvalue weighted by Gasteiger charge is -2.10. The van der Waals surface area contributed by atoms with Gasteiger partial charge >= 0.3 is 0 Å². The quantitative estimate of drug-likeness (QED) is 0.901. The van der Waals surface area contributed by atoms with Gasteiger partial charge in [-0.3, -0.25) is 0 Å². The van der Waals surface area contributed by atoms with Crippen molar-refractivity contribution in [2.24, 2.45) is 0 Å². The highest BCUT2D eigenvalue weighted by atomic mass is 79.9. The van der Waals surface area contributed by atoms with E-state index in [4.69, 9.17) is 4.74 Å². The van der Waals surface area contributed by atoms with E-state index in [0.717, 1.165) is 41.9 Å². The standard InChI is InChI=1S/C16H16BrNO2/c17-14-7-12-4-5-20-16(12)13(8-14)10-18-9-11-2-1-3-15(19)6-11/h1-3,6-8,18-19H,4-5,9-10H2. The summed E-state index contributed by atoms with van der Waals surface area (Å²) >= 11 is 3.55. The van der Waals surface area contributed by atoms with Crippen molar-refractivity contribution in [2.75, 3.05) is 6.61 Å². The van der Waals surface area contributed by atoms with Gasteiger partial charge in [0.1, 0.15) is 11.5 Å². The van der Waals surface area contributed by atoms with Crippen molar-refractivity contribution in [3.8, 4) is 11.5 Å². The monoisotopic (exact) mass is 333 g/mol. The molecule has 104 valence electrons. The van der Waals surface area contributed by atoms with Gasteiger partial charge in [0.25, 0.3) is 0 Å². The van der Waals surface area contributed by atoms with E-state index in [0.29, 0.717) is 5.75 Å². The van der Waals surface area contributed by atoms with Gasteiger partial charge in [-0.15, -0.1) is 0 Å². The fourth-order valence-electron chi connectivity index (χ4n) is 2.49. The second-order valence-corrected chi connectivity index (χ2v) is 5.84. The molecule has 0 fully saturated rings. The zero-order chi connectivity index (χ0) is 13.9. The maximum absolute atomic E-state index is 9.44. The van der Waals surface area contributed by atoms with E-state index >= 15 is 0 Å². The number of fused-ring (bicyclic) bond motifs is 1. The number of aromatic hydroxyl groups is 1. The Morgan fingerprint density at radius 1 is 1.20 bits per heavy atom. The summed E-state index contributed by atoms with van der Waals surface area (Å²) in [6.07, 6.45) is 0.980. The molecule has 0 aliphatic carbocycles. The van der Waals surface area contributed by atoms with Crippen LogP contribution in [0.2, 0.25) is 0 Å². The molecule has 0 unspecified atom stereocenters. The SMILES string of the molecule is Oc1cccc(CNCc2cc(Br)cc3c2OCC3)c1. The molecular formula is C16H16BrNO2. The van der Waals surface area contributed by atoms with Crippen LogP contribution in [0, 0.1) is 0 Å². The number of rotatable bonds is 4. The number of halogens is 1. The Labute approximate surface area is 126 Å². The average Bonchev–Trinajstić information content (AvgIpc) is 2.87. The highest BCUT2D eigenvalue weighted by Gasteiger charge is 2.16. The van der Waals surface area contributed by atoms with Crippen molar-refractivity contribution in [2.45, 2.75) is 19.5 Å². The third kappa shape index (κ3) is 2.97. The first kappa shape index (κ1) is 13.5. The molecule has 3 nitrogen and oxygen atoms in total. The molecule has 0 aromatic heterocycles. The van der Waals surface area contributed by atoms with Gasteiger partial charge in [-0.1, -0.05) is 28.1 Å². The zero-order valence-corrected chi connectivity index (χ0v) is 12.6. The number of nitrogens with one attached hydrogen (secondary N) is 1. The minimum Gasteiger partial charge on any atom is -0.508 e. The van der Waals surface area contributed by atoms with E-state index in [2.05, 4.69) is 33.4 Å². The molecule has 0 atom stereocenters. The number of ether oxygens (including phenoxy) is 1. The Morgan fingerprint density at radius 2 is 2.10 bits per heavy atom. The molecular weight excluding hydrogens is 318 g/mol. The number of benzene rings is 2. The lowest BCUT2D eigenvalue weighted by atomic mass is 10.1. The molecule has 2 N–H and O–H groups in total. The third-order valence-corrected chi connectivity index (χ3v) is 3.84. The van der Waals surface area contributed by atoms with Crippen LogP contribution in [-0.4, -0.2) is 11.7 Å². The van der Waals surface area contributed by atoms with Crippen molar-refractivity contribution in [3.63, 3.8) is 0 Å². The molecule has 0 amide bonds. The molecule has 4 heteroatoms. The Kier molecular flexibility index (Phi) is 3.94. The average molecular weight is 334 g/mol. The predicted octanol–water partition coefficient (Wildman–Crippen LogP) is 3.38. The molecule has 0 radical (unpaired) electrons. The van der Waals surface area contributed by atoms with Crippen molar-refractivity contribution >= 4 is 15.9 Å². The van der Waals surface area contributed by atoms with E-state index in [-0.39, 0.29) is 0 Å². The van der Waals surface area contributed by atoms with Crippen LogP contribution in [0.25, 0.3) is 0 Å². The lowest BCUT2D eigenvalue weighted by Crippen LogP contribution is -2.13. The topological polar surface area (TPSA) is 41.5 Å². The molecule has 3 rings (SSSR count). The van der Waals surface area contributed by atoms with Crippen LogP contribution in [0.1, 0.15) is 16.7 Å². The normalized spacial score (nSPS) is 13.1. The van der Waals surface area contributed by atoms with Crippen molar-refractivity contribution in [1.82, 2.24) is 5.32 Å². The fourth-order valence-corrected chi connectivity index (χ4v) is 3.04. The van der Waals surface area contributed by atoms with Gasteiger partial charge in [-0.05, 0) is 35.4 Å². The van der Waals surface area contributed by atoms with Crippen LogP contribution in [0.3, 0.4) is 0 Å². The molecule has 2 aromatic carbocycles. The Bertz CT molecular complexity index is 628. The van der Waals surface area contributed by atoms with Crippen molar-refractivity contribution in [3.05, 3.63) is 57.6 Å². The molecule has 0 bridgehead atoms. The fraction of sp³-hybridized carbons (Fsp3) is 0.250. The van der Waals surface area contributed by atoms with Crippen LogP contribution in [0.15, 0.2) is 40.9 Å². The molecule has 1 heterocycles. The molecule has 2 aromatic rings. The Hall–Kier alpha value is -1.52. The maximum atomic E-state index is 9.44. The first-order valence-electron chi connectivity index (χ1n) is 6.65. The molecule has 0 saturated heterocycles. The Morgan fingerprint density at radius 3 is 2.95 bits per heavy atom. The molecule has 1 aliphatic heterocycles. The second kappa shape index (κ2) is 5.85. The summed E-state index contributed by atoms with van der Waals surface area (Å²) in [4.78, 5) is 0. The summed E-state index contributed by atoms with van der Waals surface area (Å²) < 4.78 is 6.80. The molecule has 0 spiro atoms. The van der Waals surface area contributed by atoms with Gasteiger partial charge in [-0.25, -0.2) is 0 Å². The number of phenols is 1. The summed E-state index contributed by atoms with van der Waals surface area (Å²) in [6.45, 7) is 2.23. The van der Waals surface area contributed by atoms with Crippen LogP contribution in [-0.2, 0) is 19.5 Å². The van der Waals surface area contributed by atoms with E-state index in [9.17, 15) is 5.11 Å². The largest absolute Gasteiger partial charge is 0.508 e. The first-order chi connectivity index (χ1) is 9.72. The predicted molar refractivity (Wildman–Crippen MR) is 82.0 cm³/mol. The number of phenolic OH excluding ortho intramolecular Hbond substituents is 1. The second-order valence-electron chi connectivity index (χ2n) is 4.93. The minimum atomic E-state index is 0.302. The number of hydrogen-bond donors (Lipinski definition) is 2. The van der Waals surface area contributed by atoms with Gasteiger partial charge in [0.15, 0.2) is 0 Å². The van der Waals surface area contributed by atoms with E-state index in [1.165, 1.54) is 11.1 Å². The summed E-state index contributed by atoms with van der Waals surface area (Å²) in [5.41, 5.74) is 3.51. The summed E-state index contributed by atoms with van der Waals surface area (Å²) in [5, 5.41) is 12.8. The van der Waals surface area contributed by atoms with Crippen LogP contribution >= 0.6 is 15.9 Å². The van der Waals surface area contributed by atoms with Crippen LogP contribution in [0.5, 0.6) is 11.5 Å². The minimum absolute atomic E-state index is 0.302. The summed E-state index contributed by atoms with van der Waals surface area (Å²) in [6, 6.07) is 11.5. The number of hydrogen-bond acceptors (Lipinski definition) is 3. The van der Waals surface area contributed by atoms with Crippen LogP contribution < -0.4 is 10.1 Å². The van der Waals surface area contributed by atoms with E-state index in [1.54, 1.807) is 12.1 Å². The summed E-state index contributed by atoms with van der Waals surface area (Å²) in [7, 11) is 0. The first-order valence-corrected chi connectivity index (χ1v) is 7.44. The van der Waals surface area contributed by atoms with Gasteiger partial charge < -0.3 is 15.2 Å². The van der Waals surface area contributed by atoms with Crippen LogP contribution in [0.4, 0.5) is 0 Å². The zero-order valence-electron chi connectivity index (χ0n) is 11.0. The molecule has 1 aliphatic rings. The van der Waals surface area contributed by atoms with E-state index < -0.39 is 0 Å². The molecule has 0 saturated carbocycles. The van der Waals surface area contributed by atoms with E-state index in [1.807, 2.05) is 12.1 Å². The molecule has 20 heavy (non-hydrogen) atoms.